The molecule has 0 saturated heterocycles. The van der Waals surface area contributed by atoms with Crippen LogP contribution in [0.3, 0.4) is 0 Å². The second-order valence-corrected chi connectivity index (χ2v) is 4.18. The lowest BCUT2D eigenvalue weighted by molar-refractivity contribution is -0.693. The quantitative estimate of drug-likeness (QED) is 0.743. The second-order valence-electron chi connectivity index (χ2n) is 4.18. The van der Waals surface area contributed by atoms with Crippen LogP contribution in [0, 0.1) is 5.82 Å². The molecule has 2 N–H and O–H groups in total. The van der Waals surface area contributed by atoms with Crippen molar-refractivity contribution in [3.63, 3.8) is 0 Å². The van der Waals surface area contributed by atoms with Gasteiger partial charge in [0.05, 0.1) is 18.8 Å². The van der Waals surface area contributed by atoms with Gasteiger partial charge in [0, 0.05) is 11.8 Å². The summed E-state index contributed by atoms with van der Waals surface area (Å²) < 4.78 is 15.1. The summed E-state index contributed by atoms with van der Waals surface area (Å²) >= 11 is 0. The van der Waals surface area contributed by atoms with Gasteiger partial charge in [-0.1, -0.05) is 0 Å². The fourth-order valence-electron chi connectivity index (χ4n) is 2.39. The van der Waals surface area contributed by atoms with Crippen LogP contribution in [0.2, 0.25) is 0 Å². The third-order valence-corrected chi connectivity index (χ3v) is 3.18. The van der Waals surface area contributed by atoms with Gasteiger partial charge in [0.25, 0.3) is 0 Å². The largest absolute Gasteiger partial charge is 0.341 e. The van der Waals surface area contributed by atoms with E-state index in [9.17, 15) is 4.39 Å². The maximum absolute atomic E-state index is 12.9. The summed E-state index contributed by atoms with van der Waals surface area (Å²) in [4.78, 5) is 0. The number of aromatic nitrogens is 1. The molecule has 16 heavy (non-hydrogen) atoms. The summed E-state index contributed by atoms with van der Waals surface area (Å²) in [5, 5.41) is 2.31. The molecule has 82 valence electrons. The molecule has 2 heterocycles. The van der Waals surface area contributed by atoms with Crippen LogP contribution in [-0.4, -0.2) is 11.1 Å². The molecule has 0 spiro atoms. The van der Waals surface area contributed by atoms with E-state index in [0.717, 1.165) is 13.1 Å². The lowest BCUT2D eigenvalue weighted by atomic mass is 10.0. The van der Waals surface area contributed by atoms with E-state index in [2.05, 4.69) is 28.2 Å². The SMILES string of the molecule is Fc1ccc([C@H]2[NH2+]CCn3cccc32)cc1. The zero-order chi connectivity index (χ0) is 11.0. The van der Waals surface area contributed by atoms with Gasteiger partial charge in [-0.3, -0.25) is 0 Å². The standard InChI is InChI=1S/C13H13FN2/c14-11-5-3-10(4-6-11)13-12-2-1-8-16(12)9-7-15-13/h1-6,8,13,15H,7,9H2/p+1/t13-/m1/s1. The molecule has 0 aliphatic carbocycles. The molecule has 0 amide bonds. The Labute approximate surface area is 93.7 Å². The second kappa shape index (κ2) is 3.76. The summed E-state index contributed by atoms with van der Waals surface area (Å²) in [6, 6.07) is 11.3. The van der Waals surface area contributed by atoms with Crippen LogP contribution >= 0.6 is 0 Å². The highest BCUT2D eigenvalue weighted by Crippen LogP contribution is 2.21. The number of hydrogen-bond acceptors (Lipinski definition) is 0. The predicted octanol–water partition coefficient (Wildman–Crippen LogP) is 1.29. The van der Waals surface area contributed by atoms with Crippen molar-refractivity contribution in [2.24, 2.45) is 0 Å². The lowest BCUT2D eigenvalue weighted by Crippen LogP contribution is -2.88. The Morgan fingerprint density at radius 2 is 2.00 bits per heavy atom. The van der Waals surface area contributed by atoms with E-state index in [1.54, 1.807) is 0 Å². The topological polar surface area (TPSA) is 21.5 Å². The van der Waals surface area contributed by atoms with E-state index >= 15 is 0 Å². The van der Waals surface area contributed by atoms with E-state index < -0.39 is 0 Å². The zero-order valence-corrected chi connectivity index (χ0v) is 8.94. The molecule has 1 aliphatic heterocycles. The number of rotatable bonds is 1. The number of nitrogens with two attached hydrogens (primary N) is 1. The lowest BCUT2D eigenvalue weighted by Gasteiger charge is -2.23. The van der Waals surface area contributed by atoms with Crippen molar-refractivity contribution < 1.29 is 9.71 Å². The Morgan fingerprint density at radius 1 is 1.19 bits per heavy atom. The van der Waals surface area contributed by atoms with Gasteiger partial charge >= 0.3 is 0 Å². The Morgan fingerprint density at radius 3 is 2.81 bits per heavy atom. The van der Waals surface area contributed by atoms with E-state index in [1.807, 2.05) is 12.1 Å². The van der Waals surface area contributed by atoms with Gasteiger partial charge in [-0.2, -0.15) is 0 Å². The number of hydrogen-bond donors (Lipinski definition) is 1. The fraction of sp³-hybridized carbons (Fsp3) is 0.231. The highest BCUT2D eigenvalue weighted by molar-refractivity contribution is 5.27. The average molecular weight is 217 g/mol. The normalized spacial score (nSPS) is 19.4. The molecule has 0 radical (unpaired) electrons. The van der Waals surface area contributed by atoms with Crippen molar-refractivity contribution in [1.29, 1.82) is 0 Å². The summed E-state index contributed by atoms with van der Waals surface area (Å²) in [7, 11) is 0. The molecule has 3 heteroatoms. The third kappa shape index (κ3) is 1.53. The molecule has 1 aromatic heterocycles. The molecule has 0 bridgehead atoms. The van der Waals surface area contributed by atoms with Gasteiger partial charge in [-0.05, 0) is 36.4 Å². The van der Waals surface area contributed by atoms with Gasteiger partial charge < -0.3 is 9.88 Å². The maximum Gasteiger partial charge on any atom is 0.152 e. The number of quaternary nitrogens is 1. The van der Waals surface area contributed by atoms with Crippen LogP contribution in [0.15, 0.2) is 42.6 Å². The van der Waals surface area contributed by atoms with Crippen molar-refractivity contribution in [2.45, 2.75) is 12.6 Å². The highest BCUT2D eigenvalue weighted by atomic mass is 19.1. The third-order valence-electron chi connectivity index (χ3n) is 3.18. The molecule has 0 unspecified atom stereocenters. The van der Waals surface area contributed by atoms with Crippen LogP contribution in [0.25, 0.3) is 0 Å². The Balaban J connectivity index is 2.00. The van der Waals surface area contributed by atoms with E-state index in [1.165, 1.54) is 23.4 Å². The summed E-state index contributed by atoms with van der Waals surface area (Å²) in [5.74, 6) is -0.171. The van der Waals surface area contributed by atoms with Crippen LogP contribution in [0.4, 0.5) is 4.39 Å². The van der Waals surface area contributed by atoms with Crippen LogP contribution in [-0.2, 0) is 6.54 Å². The van der Waals surface area contributed by atoms with Crippen LogP contribution in [0.1, 0.15) is 17.3 Å². The first kappa shape index (κ1) is 9.60. The van der Waals surface area contributed by atoms with Gasteiger partial charge in [-0.25, -0.2) is 4.39 Å². The predicted molar refractivity (Wildman–Crippen MR) is 59.5 cm³/mol. The van der Waals surface area contributed by atoms with E-state index in [0.29, 0.717) is 6.04 Å². The first-order valence-electron chi connectivity index (χ1n) is 5.58. The molecular formula is C13H14FN2+. The fourth-order valence-corrected chi connectivity index (χ4v) is 2.39. The van der Waals surface area contributed by atoms with E-state index in [-0.39, 0.29) is 5.82 Å². The van der Waals surface area contributed by atoms with Crippen molar-refractivity contribution in [1.82, 2.24) is 4.57 Å². The number of fused-ring (bicyclic) bond motifs is 1. The Kier molecular flexibility index (Phi) is 2.26. The molecule has 2 nitrogen and oxygen atoms in total. The maximum atomic E-state index is 12.9. The molecule has 1 atom stereocenters. The smallest absolute Gasteiger partial charge is 0.152 e. The molecule has 0 saturated carbocycles. The molecular weight excluding hydrogens is 203 g/mol. The molecule has 3 rings (SSSR count). The minimum Gasteiger partial charge on any atom is -0.341 e. The molecule has 1 aromatic carbocycles. The minimum absolute atomic E-state index is 0.171. The van der Waals surface area contributed by atoms with E-state index in [4.69, 9.17) is 0 Å². The zero-order valence-electron chi connectivity index (χ0n) is 8.94. The van der Waals surface area contributed by atoms with Gasteiger partial charge in [-0.15, -0.1) is 0 Å². The first-order valence-corrected chi connectivity index (χ1v) is 5.58. The van der Waals surface area contributed by atoms with Crippen LogP contribution in [0.5, 0.6) is 0 Å². The monoisotopic (exact) mass is 217 g/mol. The first-order chi connectivity index (χ1) is 7.84. The highest BCUT2D eigenvalue weighted by Gasteiger charge is 2.24. The van der Waals surface area contributed by atoms with Gasteiger partial charge in [0.15, 0.2) is 6.04 Å². The number of halogens is 1. The van der Waals surface area contributed by atoms with Gasteiger partial charge in [0.1, 0.15) is 5.82 Å². The minimum atomic E-state index is -0.171. The van der Waals surface area contributed by atoms with Crippen molar-refractivity contribution >= 4 is 0 Å². The van der Waals surface area contributed by atoms with Gasteiger partial charge in [0.2, 0.25) is 0 Å². The number of benzene rings is 1. The Hall–Kier alpha value is -1.61. The molecule has 1 aliphatic rings. The Bertz CT molecular complexity index is 487. The average Bonchev–Trinajstić information content (AvgIpc) is 2.78. The summed E-state index contributed by atoms with van der Waals surface area (Å²) in [6.45, 7) is 2.13. The molecule has 0 fully saturated rings. The summed E-state index contributed by atoms with van der Waals surface area (Å²) in [5.41, 5.74) is 2.47. The molecule has 2 aromatic rings. The van der Waals surface area contributed by atoms with Crippen molar-refractivity contribution in [3.05, 3.63) is 59.7 Å². The van der Waals surface area contributed by atoms with Crippen molar-refractivity contribution in [3.8, 4) is 0 Å². The van der Waals surface area contributed by atoms with Crippen molar-refractivity contribution in [2.75, 3.05) is 6.54 Å². The van der Waals surface area contributed by atoms with Crippen LogP contribution < -0.4 is 5.32 Å². The number of nitrogens with zero attached hydrogens (tertiary/aromatic N) is 1. The summed E-state index contributed by atoms with van der Waals surface area (Å²) in [6.07, 6.45) is 2.11.